The summed E-state index contributed by atoms with van der Waals surface area (Å²) in [4.78, 5) is 0. The minimum absolute atomic E-state index is 0.186. The van der Waals surface area contributed by atoms with E-state index in [1.54, 1.807) is 0 Å². The zero-order valence-corrected chi connectivity index (χ0v) is 12.6. The molecule has 2 heterocycles. The molecule has 0 saturated heterocycles. The molecule has 0 atom stereocenters. The maximum atomic E-state index is 8.78. The second-order valence-electron chi connectivity index (χ2n) is 5.16. The lowest BCUT2D eigenvalue weighted by molar-refractivity contribution is 0.0788. The average Bonchev–Trinajstić information content (AvgIpc) is 3.12. The molecule has 0 fully saturated rings. The number of unbranched alkanes of at least 4 members (excludes halogenated alkanes) is 1. The van der Waals surface area contributed by atoms with Crippen molar-refractivity contribution in [1.29, 1.82) is 0 Å². The van der Waals surface area contributed by atoms with Gasteiger partial charge in [0, 0.05) is 19.4 Å². The Morgan fingerprint density at radius 3 is 1.90 bits per heavy atom. The third kappa shape index (κ3) is 5.40. The molecule has 0 aliphatic heterocycles. The molecular weight excluding hydrogens is 268 g/mol. The van der Waals surface area contributed by atoms with Gasteiger partial charge in [-0.25, -0.2) is 0 Å². The Morgan fingerprint density at radius 1 is 0.857 bits per heavy atom. The molecule has 21 heavy (non-hydrogen) atoms. The molecule has 116 valence electrons. The molecule has 4 nitrogen and oxygen atoms in total. The van der Waals surface area contributed by atoms with Crippen LogP contribution in [0.15, 0.2) is 33.1 Å². The van der Waals surface area contributed by atoms with Crippen LogP contribution in [0.5, 0.6) is 0 Å². The molecule has 2 rings (SSSR count). The van der Waals surface area contributed by atoms with Crippen LogP contribution in [0.25, 0.3) is 0 Å². The maximum absolute atomic E-state index is 8.78. The number of rotatable bonds is 10. The molecule has 4 heteroatoms. The van der Waals surface area contributed by atoms with Gasteiger partial charge in [-0.05, 0) is 37.1 Å². The van der Waals surface area contributed by atoms with Crippen molar-refractivity contribution in [3.8, 4) is 0 Å². The van der Waals surface area contributed by atoms with Crippen LogP contribution >= 0.6 is 0 Å². The molecule has 0 radical (unpaired) electrons. The number of aliphatic hydroxyl groups excluding tert-OH is 1. The van der Waals surface area contributed by atoms with E-state index >= 15 is 0 Å². The first-order valence-electron chi connectivity index (χ1n) is 7.65. The fraction of sp³-hybridized carbons (Fsp3) is 0.529. The number of hydrogen-bond acceptors (Lipinski definition) is 4. The Bertz CT molecular complexity index is 466. The van der Waals surface area contributed by atoms with Crippen molar-refractivity contribution in [3.05, 3.63) is 47.3 Å². The molecule has 0 unspecified atom stereocenters. The first kappa shape index (κ1) is 15.9. The van der Waals surface area contributed by atoms with Gasteiger partial charge in [-0.1, -0.05) is 13.3 Å². The molecule has 0 bridgehead atoms. The SMILES string of the molecule is CCCCc1ccc(COCc2ccc(CCCO)o2)o1. The van der Waals surface area contributed by atoms with E-state index in [9.17, 15) is 0 Å². The fourth-order valence-electron chi connectivity index (χ4n) is 2.13. The van der Waals surface area contributed by atoms with Crippen LogP contribution in [-0.4, -0.2) is 11.7 Å². The summed E-state index contributed by atoms with van der Waals surface area (Å²) >= 11 is 0. The second kappa shape index (κ2) is 8.70. The van der Waals surface area contributed by atoms with Crippen molar-refractivity contribution >= 4 is 0 Å². The first-order chi connectivity index (χ1) is 10.3. The van der Waals surface area contributed by atoms with E-state index in [0.717, 1.165) is 48.7 Å². The van der Waals surface area contributed by atoms with Crippen LogP contribution in [-0.2, 0) is 30.8 Å². The lowest BCUT2D eigenvalue weighted by atomic mass is 10.2. The number of aryl methyl sites for hydroxylation is 2. The quantitative estimate of drug-likeness (QED) is 0.722. The number of ether oxygens (including phenoxy) is 1. The molecule has 2 aromatic rings. The van der Waals surface area contributed by atoms with Crippen molar-refractivity contribution in [1.82, 2.24) is 0 Å². The van der Waals surface area contributed by atoms with Gasteiger partial charge < -0.3 is 18.7 Å². The Balaban J connectivity index is 1.71. The van der Waals surface area contributed by atoms with Gasteiger partial charge in [-0.2, -0.15) is 0 Å². The molecule has 0 spiro atoms. The molecule has 0 amide bonds. The van der Waals surface area contributed by atoms with Gasteiger partial charge in [0.05, 0.1) is 0 Å². The Morgan fingerprint density at radius 2 is 1.38 bits per heavy atom. The van der Waals surface area contributed by atoms with Gasteiger partial charge in [0.1, 0.15) is 36.3 Å². The van der Waals surface area contributed by atoms with Crippen LogP contribution in [0.2, 0.25) is 0 Å². The standard InChI is InChI=1S/C17H24O4/c1-2-3-5-14-7-9-16(20-14)12-19-13-17-10-8-15(21-17)6-4-11-18/h7-10,18H,2-6,11-13H2,1H3. The van der Waals surface area contributed by atoms with Gasteiger partial charge >= 0.3 is 0 Å². The third-order valence-electron chi connectivity index (χ3n) is 3.28. The molecule has 0 aliphatic rings. The van der Waals surface area contributed by atoms with E-state index in [2.05, 4.69) is 6.92 Å². The summed E-state index contributed by atoms with van der Waals surface area (Å²) in [5.74, 6) is 3.58. The maximum Gasteiger partial charge on any atom is 0.129 e. The van der Waals surface area contributed by atoms with E-state index < -0.39 is 0 Å². The number of furan rings is 2. The smallest absolute Gasteiger partial charge is 0.129 e. The van der Waals surface area contributed by atoms with Gasteiger partial charge in [0.25, 0.3) is 0 Å². The molecule has 0 aliphatic carbocycles. The highest BCUT2D eigenvalue weighted by Crippen LogP contribution is 2.14. The van der Waals surface area contributed by atoms with Gasteiger partial charge in [0.2, 0.25) is 0 Å². The molecule has 1 N–H and O–H groups in total. The molecule has 0 aromatic carbocycles. The summed E-state index contributed by atoms with van der Waals surface area (Å²) in [6, 6.07) is 7.85. The zero-order chi connectivity index (χ0) is 14.9. The highest BCUT2D eigenvalue weighted by Gasteiger charge is 2.05. The van der Waals surface area contributed by atoms with E-state index in [-0.39, 0.29) is 6.61 Å². The van der Waals surface area contributed by atoms with E-state index in [0.29, 0.717) is 13.2 Å². The van der Waals surface area contributed by atoms with Gasteiger partial charge in [-0.3, -0.25) is 0 Å². The van der Waals surface area contributed by atoms with E-state index in [1.165, 1.54) is 6.42 Å². The Kier molecular flexibility index (Phi) is 6.57. The Hall–Kier alpha value is -1.52. The number of hydrogen-bond donors (Lipinski definition) is 1. The first-order valence-corrected chi connectivity index (χ1v) is 7.65. The molecular formula is C17H24O4. The van der Waals surface area contributed by atoms with Crippen molar-refractivity contribution in [2.45, 2.75) is 52.2 Å². The summed E-state index contributed by atoms with van der Waals surface area (Å²) in [7, 11) is 0. The van der Waals surface area contributed by atoms with E-state index in [1.807, 2.05) is 24.3 Å². The van der Waals surface area contributed by atoms with Gasteiger partial charge in [-0.15, -0.1) is 0 Å². The highest BCUT2D eigenvalue weighted by atomic mass is 16.5. The average molecular weight is 292 g/mol. The largest absolute Gasteiger partial charge is 0.464 e. The summed E-state index contributed by atoms with van der Waals surface area (Å²) < 4.78 is 16.9. The minimum Gasteiger partial charge on any atom is -0.464 e. The van der Waals surface area contributed by atoms with Crippen LogP contribution in [0.4, 0.5) is 0 Å². The summed E-state index contributed by atoms with van der Waals surface area (Å²) in [5, 5.41) is 8.78. The third-order valence-corrected chi connectivity index (χ3v) is 3.28. The highest BCUT2D eigenvalue weighted by molar-refractivity contribution is 5.08. The van der Waals surface area contributed by atoms with Crippen LogP contribution < -0.4 is 0 Å². The predicted octanol–water partition coefficient (Wildman–Crippen LogP) is 3.86. The Labute approximate surface area is 125 Å². The zero-order valence-electron chi connectivity index (χ0n) is 12.6. The predicted molar refractivity (Wildman–Crippen MR) is 79.9 cm³/mol. The monoisotopic (exact) mass is 292 g/mol. The van der Waals surface area contributed by atoms with Crippen molar-refractivity contribution in [2.75, 3.05) is 6.61 Å². The molecule has 2 aromatic heterocycles. The van der Waals surface area contributed by atoms with Crippen molar-refractivity contribution in [2.24, 2.45) is 0 Å². The van der Waals surface area contributed by atoms with Crippen LogP contribution in [0.3, 0.4) is 0 Å². The second-order valence-corrected chi connectivity index (χ2v) is 5.16. The minimum atomic E-state index is 0.186. The number of aliphatic hydroxyl groups is 1. The van der Waals surface area contributed by atoms with Crippen LogP contribution in [0, 0.1) is 0 Å². The topological polar surface area (TPSA) is 55.7 Å². The van der Waals surface area contributed by atoms with Crippen LogP contribution in [0.1, 0.15) is 49.2 Å². The van der Waals surface area contributed by atoms with Gasteiger partial charge in [0.15, 0.2) is 0 Å². The molecule has 0 saturated carbocycles. The summed E-state index contributed by atoms with van der Waals surface area (Å²) in [6.45, 7) is 3.25. The lowest BCUT2D eigenvalue weighted by Gasteiger charge is -2.00. The fourth-order valence-corrected chi connectivity index (χ4v) is 2.13. The normalized spacial score (nSPS) is 11.1. The van der Waals surface area contributed by atoms with Crippen molar-refractivity contribution in [3.63, 3.8) is 0 Å². The lowest BCUT2D eigenvalue weighted by Crippen LogP contribution is -1.92. The van der Waals surface area contributed by atoms with Crippen molar-refractivity contribution < 1.29 is 18.7 Å². The summed E-state index contributed by atoms with van der Waals surface area (Å²) in [6.07, 6.45) is 4.79. The van der Waals surface area contributed by atoms with E-state index in [4.69, 9.17) is 18.7 Å². The summed E-state index contributed by atoms with van der Waals surface area (Å²) in [5.41, 5.74) is 0.